The van der Waals surface area contributed by atoms with Crippen molar-refractivity contribution in [3.63, 3.8) is 0 Å². The average Bonchev–Trinajstić information content (AvgIpc) is 2.09. The number of phenols is 2. The molecular weight excluding hydrogens is 220 g/mol. The summed E-state index contributed by atoms with van der Waals surface area (Å²) in [6.07, 6.45) is -4.99. The van der Waals surface area contributed by atoms with E-state index < -0.39 is 40.4 Å². The SMILES string of the molecule is Nc1c(O)c(F)c(O)c(N)c1C(F)(F)F. The maximum atomic E-state index is 12.8. The Balaban J connectivity index is 3.68. The molecule has 0 saturated heterocycles. The fourth-order valence-electron chi connectivity index (χ4n) is 1.04. The molecule has 0 saturated carbocycles. The van der Waals surface area contributed by atoms with Gasteiger partial charge < -0.3 is 21.7 Å². The molecule has 0 fully saturated rings. The van der Waals surface area contributed by atoms with Crippen LogP contribution in [-0.4, -0.2) is 10.2 Å². The van der Waals surface area contributed by atoms with Gasteiger partial charge in [0.25, 0.3) is 0 Å². The lowest BCUT2D eigenvalue weighted by Crippen LogP contribution is -2.13. The van der Waals surface area contributed by atoms with Crippen molar-refractivity contribution >= 4 is 11.4 Å². The molecule has 0 amide bonds. The predicted octanol–water partition coefficient (Wildman–Crippen LogP) is 1.42. The van der Waals surface area contributed by atoms with Crippen LogP contribution in [0.4, 0.5) is 28.9 Å². The highest BCUT2D eigenvalue weighted by molar-refractivity contribution is 5.75. The molecule has 84 valence electrons. The number of hydrogen-bond acceptors (Lipinski definition) is 4. The molecule has 1 aromatic rings. The van der Waals surface area contributed by atoms with Crippen LogP contribution in [0.2, 0.25) is 0 Å². The lowest BCUT2D eigenvalue weighted by molar-refractivity contribution is -0.136. The van der Waals surface area contributed by atoms with Gasteiger partial charge in [0, 0.05) is 0 Å². The molecule has 0 aliphatic heterocycles. The van der Waals surface area contributed by atoms with Crippen molar-refractivity contribution in [1.82, 2.24) is 0 Å². The number of nitrogen functional groups attached to an aromatic ring is 2. The quantitative estimate of drug-likeness (QED) is 0.233. The minimum Gasteiger partial charge on any atom is -0.503 e. The van der Waals surface area contributed by atoms with Crippen molar-refractivity contribution in [3.8, 4) is 11.5 Å². The van der Waals surface area contributed by atoms with Crippen molar-refractivity contribution in [2.24, 2.45) is 0 Å². The standard InChI is InChI=1S/C7H6F4N2O2/c8-2-5(14)3(12)1(7(9,10)11)4(13)6(2)15/h14-15H,12-13H2. The van der Waals surface area contributed by atoms with Crippen LogP contribution < -0.4 is 11.5 Å². The Morgan fingerprint density at radius 3 is 1.53 bits per heavy atom. The molecule has 15 heavy (non-hydrogen) atoms. The van der Waals surface area contributed by atoms with E-state index in [9.17, 15) is 17.6 Å². The number of phenolic OH excluding ortho intramolecular Hbond substituents is 2. The fourth-order valence-corrected chi connectivity index (χ4v) is 1.04. The largest absolute Gasteiger partial charge is 0.503 e. The van der Waals surface area contributed by atoms with Gasteiger partial charge in [0.05, 0.1) is 11.4 Å². The first-order valence-electron chi connectivity index (χ1n) is 3.53. The Morgan fingerprint density at radius 1 is 0.933 bits per heavy atom. The molecule has 0 heterocycles. The maximum absolute atomic E-state index is 12.8. The van der Waals surface area contributed by atoms with E-state index in [2.05, 4.69) is 0 Å². The Labute approximate surface area is 80.7 Å². The number of nitrogens with two attached hydrogens (primary N) is 2. The zero-order valence-corrected chi connectivity index (χ0v) is 7.06. The Kier molecular flexibility index (Phi) is 2.30. The minimum absolute atomic E-state index is 1.25. The van der Waals surface area contributed by atoms with E-state index in [-0.39, 0.29) is 0 Å². The van der Waals surface area contributed by atoms with Gasteiger partial charge in [-0.05, 0) is 0 Å². The summed E-state index contributed by atoms with van der Waals surface area (Å²) in [5, 5.41) is 17.7. The molecular formula is C7H6F4N2O2. The smallest absolute Gasteiger partial charge is 0.420 e. The third kappa shape index (κ3) is 1.58. The van der Waals surface area contributed by atoms with E-state index in [1.54, 1.807) is 0 Å². The Hall–Kier alpha value is -1.86. The highest BCUT2D eigenvalue weighted by Crippen LogP contribution is 2.47. The molecule has 6 N–H and O–H groups in total. The van der Waals surface area contributed by atoms with Gasteiger partial charge in [-0.25, -0.2) is 0 Å². The van der Waals surface area contributed by atoms with Crippen LogP contribution in [0.15, 0.2) is 0 Å². The van der Waals surface area contributed by atoms with Gasteiger partial charge in [-0.1, -0.05) is 0 Å². The average molecular weight is 226 g/mol. The maximum Gasteiger partial charge on any atom is 0.420 e. The van der Waals surface area contributed by atoms with Gasteiger partial charge in [-0.3, -0.25) is 0 Å². The van der Waals surface area contributed by atoms with Gasteiger partial charge in [0.2, 0.25) is 5.82 Å². The second-order valence-electron chi connectivity index (χ2n) is 2.71. The van der Waals surface area contributed by atoms with E-state index in [0.29, 0.717) is 0 Å². The van der Waals surface area contributed by atoms with Crippen LogP contribution >= 0.6 is 0 Å². The topological polar surface area (TPSA) is 92.5 Å². The van der Waals surface area contributed by atoms with Crippen molar-refractivity contribution in [2.75, 3.05) is 11.5 Å². The first kappa shape index (κ1) is 11.2. The number of anilines is 2. The zero-order valence-electron chi connectivity index (χ0n) is 7.06. The first-order valence-corrected chi connectivity index (χ1v) is 3.53. The lowest BCUT2D eigenvalue weighted by atomic mass is 10.1. The number of hydrogen-bond donors (Lipinski definition) is 4. The molecule has 8 heteroatoms. The second kappa shape index (κ2) is 3.07. The van der Waals surface area contributed by atoms with Gasteiger partial charge in [-0.2, -0.15) is 17.6 Å². The summed E-state index contributed by atoms with van der Waals surface area (Å²) in [4.78, 5) is 0. The predicted molar refractivity (Wildman–Crippen MR) is 43.6 cm³/mol. The summed E-state index contributed by atoms with van der Waals surface area (Å²) in [7, 11) is 0. The molecule has 0 spiro atoms. The van der Waals surface area contributed by atoms with Crippen LogP contribution in [0.3, 0.4) is 0 Å². The monoisotopic (exact) mass is 226 g/mol. The molecule has 0 aliphatic carbocycles. The summed E-state index contributed by atoms with van der Waals surface area (Å²) >= 11 is 0. The first-order chi connectivity index (χ1) is 6.68. The fraction of sp³-hybridized carbons (Fsp3) is 0.143. The third-order valence-electron chi connectivity index (χ3n) is 1.75. The normalized spacial score (nSPS) is 11.7. The second-order valence-corrected chi connectivity index (χ2v) is 2.71. The van der Waals surface area contributed by atoms with Gasteiger partial charge in [0.1, 0.15) is 5.56 Å². The molecule has 0 unspecified atom stereocenters. The van der Waals surface area contributed by atoms with Crippen LogP contribution in [0.1, 0.15) is 5.56 Å². The summed E-state index contributed by atoms with van der Waals surface area (Å²) in [6.45, 7) is 0. The van der Waals surface area contributed by atoms with Crippen molar-refractivity contribution in [2.45, 2.75) is 6.18 Å². The number of aromatic hydroxyl groups is 2. The number of alkyl halides is 3. The third-order valence-corrected chi connectivity index (χ3v) is 1.75. The van der Waals surface area contributed by atoms with E-state index in [0.717, 1.165) is 0 Å². The van der Waals surface area contributed by atoms with Crippen LogP contribution in [0.25, 0.3) is 0 Å². The van der Waals surface area contributed by atoms with Gasteiger partial charge >= 0.3 is 6.18 Å². The molecule has 0 bridgehead atoms. The Bertz CT molecular complexity index is 387. The van der Waals surface area contributed by atoms with E-state index in [4.69, 9.17) is 21.7 Å². The Morgan fingerprint density at radius 2 is 1.27 bits per heavy atom. The summed E-state index contributed by atoms with van der Waals surface area (Å²) in [5.74, 6) is -4.64. The minimum atomic E-state index is -4.99. The van der Waals surface area contributed by atoms with E-state index in [1.807, 2.05) is 0 Å². The molecule has 0 aromatic heterocycles. The summed E-state index contributed by atoms with van der Waals surface area (Å²) in [5.41, 5.74) is 5.51. The van der Waals surface area contributed by atoms with E-state index in [1.165, 1.54) is 0 Å². The summed E-state index contributed by atoms with van der Waals surface area (Å²) in [6, 6.07) is 0. The number of halogens is 4. The molecule has 0 radical (unpaired) electrons. The van der Waals surface area contributed by atoms with Crippen molar-refractivity contribution < 1.29 is 27.8 Å². The van der Waals surface area contributed by atoms with Crippen LogP contribution in [0, 0.1) is 5.82 Å². The molecule has 4 nitrogen and oxygen atoms in total. The molecule has 1 aromatic carbocycles. The zero-order chi connectivity index (χ0) is 12.0. The van der Waals surface area contributed by atoms with Gasteiger partial charge in [0.15, 0.2) is 11.5 Å². The molecule has 1 rings (SSSR count). The number of rotatable bonds is 0. The lowest BCUT2D eigenvalue weighted by Gasteiger charge is -2.15. The highest BCUT2D eigenvalue weighted by Gasteiger charge is 2.39. The van der Waals surface area contributed by atoms with Crippen molar-refractivity contribution in [3.05, 3.63) is 11.4 Å². The summed E-state index contributed by atoms with van der Waals surface area (Å²) < 4.78 is 49.7. The number of benzene rings is 1. The molecule has 0 atom stereocenters. The molecule has 0 aliphatic rings. The highest BCUT2D eigenvalue weighted by atomic mass is 19.4. The van der Waals surface area contributed by atoms with Crippen LogP contribution in [0.5, 0.6) is 11.5 Å². The van der Waals surface area contributed by atoms with Gasteiger partial charge in [-0.15, -0.1) is 0 Å². The van der Waals surface area contributed by atoms with Crippen molar-refractivity contribution in [1.29, 1.82) is 0 Å². The van der Waals surface area contributed by atoms with Crippen LogP contribution in [-0.2, 0) is 6.18 Å². The van der Waals surface area contributed by atoms with E-state index >= 15 is 0 Å².